The first-order chi connectivity index (χ1) is 8.58. The average Bonchev–Trinajstić information content (AvgIpc) is 2.39. The van der Waals surface area contributed by atoms with E-state index in [0.29, 0.717) is 0 Å². The van der Waals surface area contributed by atoms with Crippen molar-refractivity contribution in [2.24, 2.45) is 5.73 Å². The number of nitrogens with two attached hydrogens (primary N) is 1. The lowest BCUT2D eigenvalue weighted by atomic mass is 9.97. The molecule has 2 rings (SSSR count). The quantitative estimate of drug-likeness (QED) is 0.859. The van der Waals surface area contributed by atoms with Gasteiger partial charge in [-0.15, -0.1) is 0 Å². The predicted molar refractivity (Wildman–Crippen MR) is 80.2 cm³/mol. The van der Waals surface area contributed by atoms with Crippen LogP contribution in [0.4, 0.5) is 0 Å². The van der Waals surface area contributed by atoms with E-state index in [2.05, 4.69) is 31.9 Å². The summed E-state index contributed by atoms with van der Waals surface area (Å²) in [5, 5.41) is 10.3. The molecule has 0 bridgehead atoms. The standard InChI is InChI=1S/C14H13Br2NO/c15-11-5-1-9(2-6-11)13(17)14(18)10-3-7-12(16)8-4-10/h1-8,13-14,18H,17H2/t13-,14-/m0/s1. The molecule has 2 aromatic carbocycles. The van der Waals surface area contributed by atoms with Crippen LogP contribution in [-0.2, 0) is 0 Å². The lowest BCUT2D eigenvalue weighted by Gasteiger charge is -2.19. The van der Waals surface area contributed by atoms with Gasteiger partial charge in [-0.25, -0.2) is 0 Å². The highest BCUT2D eigenvalue weighted by Crippen LogP contribution is 2.28. The molecule has 0 aliphatic rings. The van der Waals surface area contributed by atoms with Gasteiger partial charge in [0.15, 0.2) is 0 Å². The Morgan fingerprint density at radius 3 is 1.61 bits per heavy atom. The average molecular weight is 371 g/mol. The minimum absolute atomic E-state index is 0.431. The molecule has 4 heteroatoms. The number of hydrogen-bond donors (Lipinski definition) is 2. The molecule has 0 spiro atoms. The van der Waals surface area contributed by atoms with Crippen LogP contribution in [0.25, 0.3) is 0 Å². The number of hydrogen-bond acceptors (Lipinski definition) is 2. The molecule has 94 valence electrons. The lowest BCUT2D eigenvalue weighted by molar-refractivity contribution is 0.147. The Labute approximate surface area is 123 Å². The van der Waals surface area contributed by atoms with Gasteiger partial charge in [-0.05, 0) is 35.4 Å². The Morgan fingerprint density at radius 1 is 0.778 bits per heavy atom. The molecule has 0 fully saturated rings. The molecular weight excluding hydrogens is 358 g/mol. The van der Waals surface area contributed by atoms with Crippen molar-refractivity contribution in [3.63, 3.8) is 0 Å². The summed E-state index contributed by atoms with van der Waals surface area (Å²) in [6.45, 7) is 0. The van der Waals surface area contributed by atoms with E-state index in [1.807, 2.05) is 48.5 Å². The van der Waals surface area contributed by atoms with Gasteiger partial charge in [0.25, 0.3) is 0 Å². The molecule has 0 saturated carbocycles. The van der Waals surface area contributed by atoms with Gasteiger partial charge in [0.05, 0.1) is 12.1 Å². The summed E-state index contributed by atoms with van der Waals surface area (Å²) in [6.07, 6.45) is -0.709. The summed E-state index contributed by atoms with van der Waals surface area (Å²) in [7, 11) is 0. The van der Waals surface area contributed by atoms with Crippen molar-refractivity contribution >= 4 is 31.9 Å². The molecule has 3 N–H and O–H groups in total. The summed E-state index contributed by atoms with van der Waals surface area (Å²) in [4.78, 5) is 0. The smallest absolute Gasteiger partial charge is 0.0982 e. The van der Waals surface area contributed by atoms with Crippen molar-refractivity contribution in [2.75, 3.05) is 0 Å². The molecular formula is C14H13Br2NO. The second-order valence-corrected chi connectivity index (χ2v) is 5.91. The van der Waals surface area contributed by atoms with Crippen LogP contribution in [0.5, 0.6) is 0 Å². The van der Waals surface area contributed by atoms with Gasteiger partial charge in [0, 0.05) is 8.95 Å². The normalized spacial score (nSPS) is 14.2. The maximum absolute atomic E-state index is 10.3. The molecule has 0 saturated heterocycles. The number of benzene rings is 2. The van der Waals surface area contributed by atoms with E-state index in [4.69, 9.17) is 5.73 Å². The van der Waals surface area contributed by atoms with Crippen LogP contribution >= 0.6 is 31.9 Å². The predicted octanol–water partition coefficient (Wildman–Crippen LogP) is 3.95. The van der Waals surface area contributed by atoms with Crippen LogP contribution in [0, 0.1) is 0 Å². The van der Waals surface area contributed by atoms with Gasteiger partial charge in [-0.3, -0.25) is 0 Å². The van der Waals surface area contributed by atoms with Gasteiger partial charge in [0.2, 0.25) is 0 Å². The molecule has 2 aromatic rings. The second kappa shape index (κ2) is 5.97. The first-order valence-corrected chi connectivity index (χ1v) is 7.11. The molecule has 0 heterocycles. The SMILES string of the molecule is N[C@@H](c1ccc(Br)cc1)[C@@H](O)c1ccc(Br)cc1. The minimum atomic E-state index is -0.709. The zero-order valence-electron chi connectivity index (χ0n) is 9.55. The maximum Gasteiger partial charge on any atom is 0.0982 e. The molecule has 0 aliphatic carbocycles. The third-order valence-corrected chi connectivity index (χ3v) is 3.86. The number of halogens is 2. The topological polar surface area (TPSA) is 46.2 Å². The fraction of sp³-hybridized carbons (Fsp3) is 0.143. The van der Waals surface area contributed by atoms with Gasteiger partial charge in [-0.1, -0.05) is 56.1 Å². The molecule has 0 radical (unpaired) electrons. The Hall–Kier alpha value is -0.680. The number of aliphatic hydroxyl groups excluding tert-OH is 1. The second-order valence-electron chi connectivity index (χ2n) is 4.07. The van der Waals surface area contributed by atoms with E-state index in [0.717, 1.165) is 20.1 Å². The lowest BCUT2D eigenvalue weighted by Crippen LogP contribution is -2.19. The summed E-state index contributed by atoms with van der Waals surface area (Å²) in [5.41, 5.74) is 7.81. The summed E-state index contributed by atoms with van der Waals surface area (Å²) < 4.78 is 1.98. The zero-order valence-corrected chi connectivity index (χ0v) is 12.7. The van der Waals surface area contributed by atoms with E-state index < -0.39 is 12.1 Å². The minimum Gasteiger partial charge on any atom is -0.386 e. The van der Waals surface area contributed by atoms with Crippen LogP contribution in [0.3, 0.4) is 0 Å². The third kappa shape index (κ3) is 3.20. The summed E-state index contributed by atoms with van der Waals surface area (Å²) in [5.74, 6) is 0. The molecule has 18 heavy (non-hydrogen) atoms. The highest BCUT2D eigenvalue weighted by molar-refractivity contribution is 9.10. The maximum atomic E-state index is 10.3. The van der Waals surface area contributed by atoms with Crippen molar-refractivity contribution in [3.8, 4) is 0 Å². The Morgan fingerprint density at radius 2 is 1.17 bits per heavy atom. The van der Waals surface area contributed by atoms with Gasteiger partial charge in [0.1, 0.15) is 0 Å². The van der Waals surface area contributed by atoms with Crippen LogP contribution in [-0.4, -0.2) is 5.11 Å². The van der Waals surface area contributed by atoms with Gasteiger partial charge >= 0.3 is 0 Å². The van der Waals surface area contributed by atoms with Crippen LogP contribution < -0.4 is 5.73 Å². The number of rotatable bonds is 3. The van der Waals surface area contributed by atoms with Crippen molar-refractivity contribution in [3.05, 3.63) is 68.6 Å². The van der Waals surface area contributed by atoms with E-state index in [1.54, 1.807) is 0 Å². The first kappa shape index (κ1) is 13.7. The van der Waals surface area contributed by atoms with Crippen LogP contribution in [0.15, 0.2) is 57.5 Å². The highest BCUT2D eigenvalue weighted by Gasteiger charge is 2.18. The fourth-order valence-corrected chi connectivity index (χ4v) is 2.26. The molecule has 0 aliphatic heterocycles. The largest absolute Gasteiger partial charge is 0.386 e. The van der Waals surface area contributed by atoms with E-state index in [-0.39, 0.29) is 0 Å². The van der Waals surface area contributed by atoms with E-state index in [9.17, 15) is 5.11 Å². The van der Waals surface area contributed by atoms with Crippen molar-refractivity contribution in [1.82, 2.24) is 0 Å². The van der Waals surface area contributed by atoms with Crippen molar-refractivity contribution in [2.45, 2.75) is 12.1 Å². The Bertz CT molecular complexity index is 461. The van der Waals surface area contributed by atoms with Crippen LogP contribution in [0.2, 0.25) is 0 Å². The molecule has 0 aromatic heterocycles. The van der Waals surface area contributed by atoms with Gasteiger partial charge in [-0.2, -0.15) is 0 Å². The molecule has 2 nitrogen and oxygen atoms in total. The fourth-order valence-electron chi connectivity index (χ4n) is 1.73. The first-order valence-electron chi connectivity index (χ1n) is 5.52. The van der Waals surface area contributed by atoms with Crippen LogP contribution in [0.1, 0.15) is 23.3 Å². The monoisotopic (exact) mass is 369 g/mol. The molecule has 0 unspecified atom stereocenters. The Balaban J connectivity index is 2.20. The molecule has 0 amide bonds. The van der Waals surface area contributed by atoms with E-state index >= 15 is 0 Å². The van der Waals surface area contributed by atoms with Gasteiger partial charge < -0.3 is 10.8 Å². The highest BCUT2D eigenvalue weighted by atomic mass is 79.9. The number of aliphatic hydroxyl groups is 1. The zero-order chi connectivity index (χ0) is 13.1. The Kier molecular flexibility index (Phi) is 4.56. The summed E-state index contributed by atoms with van der Waals surface area (Å²) >= 11 is 6.74. The van der Waals surface area contributed by atoms with Crippen molar-refractivity contribution in [1.29, 1.82) is 0 Å². The third-order valence-electron chi connectivity index (χ3n) is 2.81. The molecule has 2 atom stereocenters. The van der Waals surface area contributed by atoms with E-state index in [1.165, 1.54) is 0 Å². The summed E-state index contributed by atoms with van der Waals surface area (Å²) in [6, 6.07) is 14.8. The van der Waals surface area contributed by atoms with Crippen molar-refractivity contribution < 1.29 is 5.11 Å².